The number of nitrogens with two attached hydrogens (primary N) is 1. The number of pyridine rings is 1. The molecule has 1 rings (SSSR count). The van der Waals surface area contributed by atoms with E-state index in [9.17, 15) is 0 Å². The number of hydrogen-bond acceptors (Lipinski definition) is 4. The zero-order valence-corrected chi connectivity index (χ0v) is 11.4. The van der Waals surface area contributed by atoms with Gasteiger partial charge in [-0.2, -0.15) is 0 Å². The van der Waals surface area contributed by atoms with Gasteiger partial charge in [0.15, 0.2) is 0 Å². The van der Waals surface area contributed by atoms with Crippen LogP contribution in [0, 0.1) is 0 Å². The summed E-state index contributed by atoms with van der Waals surface area (Å²) in [7, 11) is 4.14. The summed E-state index contributed by atoms with van der Waals surface area (Å²) in [4.78, 5) is 6.81. The van der Waals surface area contributed by atoms with E-state index in [0.717, 1.165) is 24.3 Å². The molecule has 0 fully saturated rings. The molecule has 1 unspecified atom stereocenters. The summed E-state index contributed by atoms with van der Waals surface area (Å²) < 4.78 is 0. The van der Waals surface area contributed by atoms with Gasteiger partial charge in [0.25, 0.3) is 0 Å². The minimum atomic E-state index is 0.367. The van der Waals surface area contributed by atoms with Crippen molar-refractivity contribution in [3.05, 3.63) is 23.9 Å². The van der Waals surface area contributed by atoms with Crippen LogP contribution in [0.4, 0.5) is 5.82 Å². The highest BCUT2D eigenvalue weighted by molar-refractivity contribution is 7.80. The Morgan fingerprint density at radius 2 is 2.29 bits per heavy atom. The third kappa shape index (κ3) is 5.10. The van der Waals surface area contributed by atoms with Crippen LogP contribution in [0.5, 0.6) is 0 Å². The minimum Gasteiger partial charge on any atom is -0.389 e. The summed E-state index contributed by atoms with van der Waals surface area (Å²) in [6, 6.07) is 4.07. The first-order chi connectivity index (χ1) is 7.99. The molecule has 17 heavy (non-hydrogen) atoms. The van der Waals surface area contributed by atoms with Crippen molar-refractivity contribution in [2.45, 2.75) is 19.4 Å². The molecule has 0 spiro atoms. The van der Waals surface area contributed by atoms with Gasteiger partial charge in [0.05, 0.1) is 0 Å². The van der Waals surface area contributed by atoms with Crippen molar-refractivity contribution in [2.75, 3.05) is 26.0 Å². The first-order valence-electron chi connectivity index (χ1n) is 5.66. The van der Waals surface area contributed by atoms with Crippen LogP contribution < -0.4 is 11.1 Å². The fourth-order valence-electron chi connectivity index (χ4n) is 1.44. The molecule has 0 aromatic carbocycles. The first-order valence-corrected chi connectivity index (χ1v) is 6.07. The maximum atomic E-state index is 5.58. The predicted octanol–water partition coefficient (Wildman–Crippen LogP) is 1.47. The van der Waals surface area contributed by atoms with Gasteiger partial charge >= 0.3 is 0 Å². The predicted molar refractivity (Wildman–Crippen MR) is 76.4 cm³/mol. The van der Waals surface area contributed by atoms with Crippen molar-refractivity contribution in [2.24, 2.45) is 5.73 Å². The second kappa shape index (κ2) is 6.51. The highest BCUT2D eigenvalue weighted by Gasteiger charge is 2.05. The highest BCUT2D eigenvalue weighted by atomic mass is 32.1. The van der Waals surface area contributed by atoms with Crippen molar-refractivity contribution < 1.29 is 0 Å². The van der Waals surface area contributed by atoms with Crippen LogP contribution >= 0.6 is 12.2 Å². The Hall–Kier alpha value is -1.20. The van der Waals surface area contributed by atoms with Crippen molar-refractivity contribution in [1.82, 2.24) is 9.88 Å². The number of nitrogens with one attached hydrogen (secondary N) is 1. The fourth-order valence-corrected chi connectivity index (χ4v) is 1.57. The number of nitrogens with zero attached hydrogens (tertiary/aromatic N) is 2. The number of hydrogen-bond donors (Lipinski definition) is 2. The Bertz CT molecular complexity index is 379. The zero-order valence-electron chi connectivity index (χ0n) is 10.6. The van der Waals surface area contributed by atoms with Crippen LogP contribution in [0.3, 0.4) is 0 Å². The van der Waals surface area contributed by atoms with Crippen LogP contribution in [0.2, 0.25) is 0 Å². The molecular weight excluding hydrogens is 232 g/mol. The van der Waals surface area contributed by atoms with Gasteiger partial charge in [-0.3, -0.25) is 0 Å². The number of aromatic nitrogens is 1. The molecule has 94 valence electrons. The van der Waals surface area contributed by atoms with Crippen LogP contribution in [0.1, 0.15) is 18.9 Å². The minimum absolute atomic E-state index is 0.367. The van der Waals surface area contributed by atoms with Gasteiger partial charge in [0.1, 0.15) is 10.8 Å². The Morgan fingerprint density at radius 1 is 1.59 bits per heavy atom. The van der Waals surface area contributed by atoms with Crippen molar-refractivity contribution in [3.63, 3.8) is 0 Å². The monoisotopic (exact) mass is 252 g/mol. The lowest BCUT2D eigenvalue weighted by Crippen LogP contribution is -2.23. The normalized spacial score (nSPS) is 12.5. The molecule has 0 bridgehead atoms. The van der Waals surface area contributed by atoms with Gasteiger partial charge in [-0.05, 0) is 46.1 Å². The van der Waals surface area contributed by atoms with E-state index in [2.05, 4.69) is 36.2 Å². The lowest BCUT2D eigenvalue weighted by Gasteiger charge is -2.17. The lowest BCUT2D eigenvalue weighted by atomic mass is 10.2. The smallest absolute Gasteiger partial charge is 0.126 e. The molecule has 0 radical (unpaired) electrons. The quantitative estimate of drug-likeness (QED) is 0.751. The van der Waals surface area contributed by atoms with Crippen molar-refractivity contribution in [1.29, 1.82) is 0 Å². The van der Waals surface area contributed by atoms with Crippen molar-refractivity contribution in [3.8, 4) is 0 Å². The molecule has 4 nitrogen and oxygen atoms in total. The number of thiocarbonyl (C=S) groups is 1. The van der Waals surface area contributed by atoms with E-state index in [4.69, 9.17) is 18.0 Å². The maximum Gasteiger partial charge on any atom is 0.126 e. The summed E-state index contributed by atoms with van der Waals surface area (Å²) in [5.74, 6) is 0.821. The molecule has 5 heteroatoms. The van der Waals surface area contributed by atoms with Gasteiger partial charge in [0.2, 0.25) is 0 Å². The molecule has 1 aromatic heterocycles. The van der Waals surface area contributed by atoms with Gasteiger partial charge in [-0.1, -0.05) is 12.2 Å². The number of rotatable bonds is 6. The molecule has 3 N–H and O–H groups in total. The van der Waals surface area contributed by atoms with Gasteiger partial charge in [-0.25, -0.2) is 4.98 Å². The molecule has 0 saturated carbocycles. The maximum absolute atomic E-state index is 5.58. The van der Waals surface area contributed by atoms with Gasteiger partial charge in [-0.15, -0.1) is 0 Å². The van der Waals surface area contributed by atoms with E-state index in [1.54, 1.807) is 6.20 Å². The van der Waals surface area contributed by atoms with Crippen molar-refractivity contribution >= 4 is 23.0 Å². The highest BCUT2D eigenvalue weighted by Crippen LogP contribution is 2.09. The van der Waals surface area contributed by atoms with E-state index in [1.807, 2.05) is 12.1 Å². The number of anilines is 1. The first kappa shape index (κ1) is 13.9. The summed E-state index contributed by atoms with van der Waals surface area (Å²) in [5.41, 5.74) is 6.43. The van der Waals surface area contributed by atoms with Crippen LogP contribution in [-0.4, -0.2) is 41.6 Å². The fraction of sp³-hybridized carbons (Fsp3) is 0.500. The van der Waals surface area contributed by atoms with E-state index in [0.29, 0.717) is 11.0 Å². The molecule has 1 heterocycles. The van der Waals surface area contributed by atoms with Crippen LogP contribution in [-0.2, 0) is 0 Å². The second-order valence-electron chi connectivity index (χ2n) is 4.43. The van der Waals surface area contributed by atoms with Gasteiger partial charge < -0.3 is 16.0 Å². The Balaban J connectivity index is 2.56. The average Bonchev–Trinajstić information content (AvgIpc) is 2.26. The third-order valence-electron chi connectivity index (χ3n) is 2.45. The summed E-state index contributed by atoms with van der Waals surface area (Å²) in [5, 5.41) is 3.34. The zero-order chi connectivity index (χ0) is 12.8. The second-order valence-corrected chi connectivity index (χ2v) is 4.87. The topological polar surface area (TPSA) is 54.2 Å². The van der Waals surface area contributed by atoms with E-state index in [1.165, 1.54) is 0 Å². The van der Waals surface area contributed by atoms with Crippen LogP contribution in [0.25, 0.3) is 0 Å². The summed E-state index contributed by atoms with van der Waals surface area (Å²) >= 11 is 4.94. The SMILES string of the molecule is CC(CCN(C)C)Nc1cc(C(N)=S)ccn1. The molecule has 0 amide bonds. The van der Waals surface area contributed by atoms with E-state index < -0.39 is 0 Å². The van der Waals surface area contributed by atoms with E-state index in [-0.39, 0.29) is 0 Å². The van der Waals surface area contributed by atoms with Crippen LogP contribution in [0.15, 0.2) is 18.3 Å². The third-order valence-corrected chi connectivity index (χ3v) is 2.68. The van der Waals surface area contributed by atoms with Gasteiger partial charge in [0, 0.05) is 17.8 Å². The lowest BCUT2D eigenvalue weighted by molar-refractivity contribution is 0.390. The molecular formula is C12H20N4S. The Labute approximate surface area is 108 Å². The molecule has 0 saturated heterocycles. The summed E-state index contributed by atoms with van der Waals surface area (Å²) in [6.45, 7) is 3.18. The molecule has 1 aromatic rings. The standard InChI is InChI=1S/C12H20N4S/c1-9(5-7-16(2)3)15-11-8-10(12(13)17)4-6-14-11/h4,6,8-9H,5,7H2,1-3H3,(H2,13,17)(H,14,15). The molecule has 0 aliphatic rings. The largest absolute Gasteiger partial charge is 0.389 e. The molecule has 1 atom stereocenters. The average molecular weight is 252 g/mol. The Kier molecular flexibility index (Phi) is 5.31. The van der Waals surface area contributed by atoms with E-state index >= 15 is 0 Å². The summed E-state index contributed by atoms with van der Waals surface area (Å²) in [6.07, 6.45) is 2.78. The molecule has 0 aliphatic carbocycles. The molecule has 0 aliphatic heterocycles. The Morgan fingerprint density at radius 3 is 2.88 bits per heavy atom.